The van der Waals surface area contributed by atoms with Gasteiger partial charge in [0.05, 0.1) is 5.56 Å². The van der Waals surface area contributed by atoms with Gasteiger partial charge in [-0.2, -0.15) is 0 Å². The first-order chi connectivity index (χ1) is 10.0. The highest BCUT2D eigenvalue weighted by atomic mass is 16.1. The third-order valence-electron chi connectivity index (χ3n) is 3.49. The zero-order valence-electron chi connectivity index (χ0n) is 12.7. The zero-order valence-corrected chi connectivity index (χ0v) is 12.7. The fourth-order valence-corrected chi connectivity index (χ4v) is 2.15. The Morgan fingerprint density at radius 2 is 1.90 bits per heavy atom. The maximum Gasteiger partial charge on any atom is 0.259 e. The summed E-state index contributed by atoms with van der Waals surface area (Å²) >= 11 is 0. The van der Waals surface area contributed by atoms with Gasteiger partial charge < -0.3 is 11.1 Å². The molecule has 1 amide bonds. The van der Waals surface area contributed by atoms with Crippen LogP contribution < -0.4 is 11.1 Å². The summed E-state index contributed by atoms with van der Waals surface area (Å²) in [6, 6.07) is 9.65. The van der Waals surface area contributed by atoms with Gasteiger partial charge in [0.25, 0.3) is 5.91 Å². The first-order valence-corrected chi connectivity index (χ1v) is 7.15. The minimum atomic E-state index is -0.230. The van der Waals surface area contributed by atoms with Gasteiger partial charge in [0.15, 0.2) is 0 Å². The highest BCUT2D eigenvalue weighted by Crippen LogP contribution is 2.17. The van der Waals surface area contributed by atoms with E-state index in [9.17, 15) is 4.79 Å². The van der Waals surface area contributed by atoms with Gasteiger partial charge in [-0.15, -0.1) is 0 Å². The Morgan fingerprint density at radius 1 is 1.24 bits per heavy atom. The van der Waals surface area contributed by atoms with E-state index in [0.717, 1.165) is 29.8 Å². The molecule has 4 nitrogen and oxygen atoms in total. The molecule has 110 valence electrons. The standard InChI is InChI=1S/C17H21N3O/c1-4-5-13-6-8-14(9-7-13)20-17(21)15-10-11(2)12(3)19-16(15)18/h6-10H,4-5H2,1-3H3,(H2,18,19)(H,20,21). The number of pyridine rings is 1. The topological polar surface area (TPSA) is 68.0 Å². The van der Waals surface area contributed by atoms with Gasteiger partial charge in [-0.3, -0.25) is 4.79 Å². The van der Waals surface area contributed by atoms with Crippen LogP contribution in [0.3, 0.4) is 0 Å². The Morgan fingerprint density at radius 3 is 2.52 bits per heavy atom. The molecule has 0 aliphatic carbocycles. The van der Waals surface area contributed by atoms with E-state index < -0.39 is 0 Å². The van der Waals surface area contributed by atoms with Crippen LogP contribution in [0.1, 0.15) is 40.5 Å². The first kappa shape index (κ1) is 15.0. The van der Waals surface area contributed by atoms with E-state index in [1.807, 2.05) is 38.1 Å². The Hall–Kier alpha value is -2.36. The van der Waals surface area contributed by atoms with Crippen LogP contribution in [0, 0.1) is 13.8 Å². The number of carbonyl (C=O) groups excluding carboxylic acids is 1. The number of aryl methyl sites for hydroxylation is 3. The number of anilines is 2. The van der Waals surface area contributed by atoms with Crippen LogP contribution >= 0.6 is 0 Å². The largest absolute Gasteiger partial charge is 0.383 e. The molecule has 0 radical (unpaired) electrons. The molecule has 0 fully saturated rings. The highest BCUT2D eigenvalue weighted by molar-refractivity contribution is 6.07. The number of benzene rings is 1. The average Bonchev–Trinajstić information content (AvgIpc) is 2.45. The summed E-state index contributed by atoms with van der Waals surface area (Å²) in [4.78, 5) is 16.5. The van der Waals surface area contributed by atoms with E-state index in [2.05, 4.69) is 17.2 Å². The first-order valence-electron chi connectivity index (χ1n) is 7.15. The van der Waals surface area contributed by atoms with Crippen molar-refractivity contribution < 1.29 is 4.79 Å². The number of nitrogens with one attached hydrogen (secondary N) is 1. The number of carbonyl (C=O) groups is 1. The molecular formula is C17H21N3O. The number of nitrogens with two attached hydrogens (primary N) is 1. The summed E-state index contributed by atoms with van der Waals surface area (Å²) in [7, 11) is 0. The average molecular weight is 283 g/mol. The number of nitrogen functional groups attached to an aromatic ring is 1. The van der Waals surface area contributed by atoms with E-state index in [1.54, 1.807) is 6.07 Å². The molecule has 2 aromatic rings. The van der Waals surface area contributed by atoms with E-state index in [0.29, 0.717) is 5.56 Å². The van der Waals surface area contributed by atoms with Crippen LogP contribution in [-0.2, 0) is 6.42 Å². The molecule has 0 spiro atoms. The van der Waals surface area contributed by atoms with Crippen molar-refractivity contribution in [2.75, 3.05) is 11.1 Å². The fourth-order valence-electron chi connectivity index (χ4n) is 2.15. The van der Waals surface area contributed by atoms with E-state index in [4.69, 9.17) is 5.73 Å². The molecule has 0 saturated heterocycles. The molecule has 0 aliphatic rings. The summed E-state index contributed by atoms with van der Waals surface area (Å²) in [6.45, 7) is 5.93. The number of aromatic nitrogens is 1. The molecule has 0 bridgehead atoms. The van der Waals surface area contributed by atoms with Gasteiger partial charge in [0.1, 0.15) is 5.82 Å². The van der Waals surface area contributed by atoms with Crippen LogP contribution in [0.25, 0.3) is 0 Å². The van der Waals surface area contributed by atoms with Gasteiger partial charge in [-0.1, -0.05) is 25.5 Å². The zero-order chi connectivity index (χ0) is 15.4. The van der Waals surface area contributed by atoms with Crippen molar-refractivity contribution in [3.05, 3.63) is 52.7 Å². The summed E-state index contributed by atoms with van der Waals surface area (Å²) in [5, 5.41) is 2.86. The molecule has 1 aromatic carbocycles. The van der Waals surface area contributed by atoms with Crippen LogP contribution in [0.5, 0.6) is 0 Å². The van der Waals surface area contributed by atoms with Crippen molar-refractivity contribution in [2.24, 2.45) is 0 Å². The van der Waals surface area contributed by atoms with Crippen molar-refractivity contribution in [3.8, 4) is 0 Å². The predicted octanol–water partition coefficient (Wildman–Crippen LogP) is 3.49. The maximum absolute atomic E-state index is 12.3. The van der Waals surface area contributed by atoms with Crippen molar-refractivity contribution >= 4 is 17.4 Å². The lowest BCUT2D eigenvalue weighted by Crippen LogP contribution is -2.15. The molecule has 0 unspecified atom stereocenters. The quantitative estimate of drug-likeness (QED) is 0.902. The van der Waals surface area contributed by atoms with Crippen molar-refractivity contribution in [1.82, 2.24) is 4.98 Å². The van der Waals surface area contributed by atoms with Crippen molar-refractivity contribution in [1.29, 1.82) is 0 Å². The monoisotopic (exact) mass is 283 g/mol. The second-order valence-electron chi connectivity index (χ2n) is 5.22. The van der Waals surface area contributed by atoms with Gasteiger partial charge >= 0.3 is 0 Å². The van der Waals surface area contributed by atoms with E-state index in [-0.39, 0.29) is 11.7 Å². The highest BCUT2D eigenvalue weighted by Gasteiger charge is 2.12. The summed E-state index contributed by atoms with van der Waals surface area (Å²) in [5.41, 5.74) is 10.1. The van der Waals surface area contributed by atoms with Gasteiger partial charge in [-0.05, 0) is 49.6 Å². The Balaban J connectivity index is 2.16. The van der Waals surface area contributed by atoms with Crippen molar-refractivity contribution in [3.63, 3.8) is 0 Å². The van der Waals surface area contributed by atoms with Crippen LogP contribution in [0.4, 0.5) is 11.5 Å². The van der Waals surface area contributed by atoms with Crippen LogP contribution in [0.15, 0.2) is 30.3 Å². The SMILES string of the molecule is CCCc1ccc(NC(=O)c2cc(C)c(C)nc2N)cc1. The smallest absolute Gasteiger partial charge is 0.259 e. The molecule has 4 heteroatoms. The van der Waals surface area contributed by atoms with E-state index in [1.165, 1.54) is 5.56 Å². The number of nitrogens with zero attached hydrogens (tertiary/aromatic N) is 1. The van der Waals surface area contributed by atoms with E-state index >= 15 is 0 Å². The molecule has 2 rings (SSSR count). The minimum Gasteiger partial charge on any atom is -0.383 e. The molecule has 0 saturated carbocycles. The second kappa shape index (κ2) is 6.39. The van der Waals surface area contributed by atoms with Crippen LogP contribution in [0.2, 0.25) is 0 Å². The lowest BCUT2D eigenvalue weighted by molar-refractivity contribution is 0.102. The summed E-state index contributed by atoms with van der Waals surface area (Å²) < 4.78 is 0. The molecule has 1 heterocycles. The third-order valence-corrected chi connectivity index (χ3v) is 3.49. The molecule has 0 atom stereocenters. The second-order valence-corrected chi connectivity index (χ2v) is 5.22. The number of hydrogen-bond donors (Lipinski definition) is 2. The molecule has 1 aromatic heterocycles. The number of rotatable bonds is 4. The predicted molar refractivity (Wildman–Crippen MR) is 86.5 cm³/mol. The molecule has 3 N–H and O–H groups in total. The summed E-state index contributed by atoms with van der Waals surface area (Å²) in [5.74, 6) is 0.0320. The molecule has 21 heavy (non-hydrogen) atoms. The normalized spacial score (nSPS) is 10.4. The third kappa shape index (κ3) is 3.60. The Labute approximate surface area is 125 Å². The molecule has 0 aliphatic heterocycles. The minimum absolute atomic E-state index is 0.230. The van der Waals surface area contributed by atoms with Gasteiger partial charge in [0, 0.05) is 11.4 Å². The lowest BCUT2D eigenvalue weighted by Gasteiger charge is -2.10. The molecular weight excluding hydrogens is 262 g/mol. The summed E-state index contributed by atoms with van der Waals surface area (Å²) in [6.07, 6.45) is 2.15. The Kier molecular flexibility index (Phi) is 4.58. The number of amides is 1. The van der Waals surface area contributed by atoms with Gasteiger partial charge in [-0.25, -0.2) is 4.98 Å². The van der Waals surface area contributed by atoms with Gasteiger partial charge in [0.2, 0.25) is 0 Å². The Bertz CT molecular complexity index is 648. The van der Waals surface area contributed by atoms with Crippen LogP contribution in [-0.4, -0.2) is 10.9 Å². The lowest BCUT2D eigenvalue weighted by atomic mass is 10.1. The van der Waals surface area contributed by atoms with Crippen molar-refractivity contribution in [2.45, 2.75) is 33.6 Å². The fraction of sp³-hybridized carbons (Fsp3) is 0.294. The number of hydrogen-bond acceptors (Lipinski definition) is 3. The maximum atomic E-state index is 12.3.